The highest BCUT2D eigenvalue weighted by molar-refractivity contribution is 6.48. The van der Waals surface area contributed by atoms with Crippen LogP contribution in [-0.4, -0.2) is 39.7 Å². The first kappa shape index (κ1) is 25.2. The molecule has 2 aromatic rings. The minimum atomic E-state index is -0.314. The Bertz CT molecular complexity index is 1230. The lowest BCUT2D eigenvalue weighted by Gasteiger charge is -2.19. The Hall–Kier alpha value is -3.87. The molecule has 1 aromatic carbocycles. The van der Waals surface area contributed by atoms with Crippen molar-refractivity contribution in [2.45, 2.75) is 58.9 Å². The third kappa shape index (κ3) is 6.62. The third-order valence-electron chi connectivity index (χ3n) is 6.08. The summed E-state index contributed by atoms with van der Waals surface area (Å²) in [5.74, 6) is -0.0504. The second kappa shape index (κ2) is 10.8. The van der Waals surface area contributed by atoms with E-state index < -0.39 is 0 Å². The number of amides is 1. The molecule has 1 amide bonds. The van der Waals surface area contributed by atoms with Crippen molar-refractivity contribution in [1.82, 2.24) is 9.88 Å². The van der Waals surface area contributed by atoms with Crippen LogP contribution in [0.5, 0.6) is 0 Å². The van der Waals surface area contributed by atoms with Gasteiger partial charge in [-0.2, -0.15) is 0 Å². The molecule has 0 bridgehead atoms. The number of pyridine rings is 1. The second-order valence-corrected chi connectivity index (χ2v) is 10.5. The molecule has 0 spiro atoms. The molecule has 186 valence electrons. The van der Waals surface area contributed by atoms with Crippen LogP contribution in [0.25, 0.3) is 5.57 Å². The molecule has 1 aromatic heterocycles. The zero-order valence-corrected chi connectivity index (χ0v) is 21.2. The molecule has 0 radical (unpaired) electrons. The lowest BCUT2D eigenvalue weighted by Crippen LogP contribution is -2.31. The van der Waals surface area contributed by atoms with Crippen molar-refractivity contribution in [3.63, 3.8) is 0 Å². The summed E-state index contributed by atoms with van der Waals surface area (Å²) >= 11 is 0. The molecule has 7 nitrogen and oxygen atoms in total. The van der Waals surface area contributed by atoms with Gasteiger partial charge in [-0.15, -0.1) is 0 Å². The van der Waals surface area contributed by atoms with E-state index in [4.69, 9.17) is 10.8 Å². The number of carbonyl (C=O) groups is 1. The van der Waals surface area contributed by atoms with Gasteiger partial charge in [-0.3, -0.25) is 25.6 Å². The number of hydrogen-bond acceptors (Lipinski definition) is 5. The number of rotatable bonds is 7. The number of carbonyl (C=O) groups excluding carboxylic acids is 1. The normalized spacial score (nSPS) is 19.5. The average molecular weight is 483 g/mol. The standard InChI is InChI=1S/C29H34N6O/c1-29(2,3)17-24-11-10-22(18-33-24)20-7-4-5-14-32-26(16-20)28(36)34-23-9-6-8-21(15-23)27(31)35(19-30)25-12-13-25/h5-6,8-11,14-16,18-19,25,30-31H,4,7,12-13,17H2,1-3H3,(H,34,36)/b14-5-,20-16+,30-19?,31-27?,32-26-. The molecule has 1 saturated carbocycles. The lowest BCUT2D eigenvalue weighted by molar-refractivity contribution is -0.110. The summed E-state index contributed by atoms with van der Waals surface area (Å²) in [7, 11) is 0. The molecular formula is C29H34N6O. The molecule has 0 saturated heterocycles. The van der Waals surface area contributed by atoms with Gasteiger partial charge >= 0.3 is 0 Å². The Morgan fingerprint density at radius 2 is 2.03 bits per heavy atom. The van der Waals surface area contributed by atoms with Gasteiger partial charge in [0.2, 0.25) is 0 Å². The fraction of sp³-hybridized carbons (Fsp3) is 0.345. The molecule has 2 aliphatic rings. The van der Waals surface area contributed by atoms with Crippen LogP contribution in [0.1, 0.15) is 63.3 Å². The maximum Gasteiger partial charge on any atom is 0.274 e. The summed E-state index contributed by atoms with van der Waals surface area (Å²) in [6.07, 6.45) is 13.1. The molecule has 0 unspecified atom stereocenters. The van der Waals surface area contributed by atoms with E-state index in [2.05, 4.69) is 48.2 Å². The highest BCUT2D eigenvalue weighted by atomic mass is 16.1. The molecule has 36 heavy (non-hydrogen) atoms. The summed E-state index contributed by atoms with van der Waals surface area (Å²) < 4.78 is 0. The number of amidine groups is 1. The van der Waals surface area contributed by atoms with Gasteiger partial charge in [0.1, 0.15) is 11.5 Å². The van der Waals surface area contributed by atoms with Gasteiger partial charge in [0.05, 0.1) is 6.34 Å². The fourth-order valence-electron chi connectivity index (χ4n) is 4.13. The predicted octanol–water partition coefficient (Wildman–Crippen LogP) is 5.84. The van der Waals surface area contributed by atoms with Crippen molar-refractivity contribution in [2.75, 3.05) is 5.32 Å². The van der Waals surface area contributed by atoms with Crippen LogP contribution in [0.2, 0.25) is 0 Å². The second-order valence-electron chi connectivity index (χ2n) is 10.5. The first-order valence-electron chi connectivity index (χ1n) is 12.4. The number of nitrogens with zero attached hydrogens (tertiary/aromatic N) is 3. The number of benzene rings is 1. The van der Waals surface area contributed by atoms with E-state index in [0.29, 0.717) is 17.0 Å². The maximum atomic E-state index is 13.2. The van der Waals surface area contributed by atoms with Crippen molar-refractivity contribution >= 4 is 35.1 Å². The van der Waals surface area contributed by atoms with Crippen LogP contribution in [0.15, 0.2) is 65.9 Å². The SMILES string of the molecule is CC(C)(C)Cc1ccc(/C2=C/C(C(=O)Nc3cccc(C(=N)N(C=N)C4CC4)c3)=N/C=C\CC2)cn1. The number of allylic oxidation sites excluding steroid dienone is 2. The largest absolute Gasteiger partial charge is 0.321 e. The maximum absolute atomic E-state index is 13.2. The van der Waals surface area contributed by atoms with Gasteiger partial charge in [0.15, 0.2) is 0 Å². The number of nitrogens with one attached hydrogen (secondary N) is 3. The average Bonchev–Trinajstić information content (AvgIpc) is 3.64. The van der Waals surface area contributed by atoms with Crippen LogP contribution < -0.4 is 5.32 Å². The molecule has 2 heterocycles. The quantitative estimate of drug-likeness (QED) is 0.341. The zero-order chi connectivity index (χ0) is 25.7. The molecule has 0 atom stereocenters. The Labute approximate surface area is 213 Å². The zero-order valence-electron chi connectivity index (χ0n) is 21.2. The number of anilines is 1. The minimum absolute atomic E-state index is 0.169. The van der Waals surface area contributed by atoms with E-state index in [1.54, 1.807) is 29.3 Å². The molecule has 7 heteroatoms. The fourth-order valence-corrected chi connectivity index (χ4v) is 4.13. The van der Waals surface area contributed by atoms with Gasteiger partial charge in [-0.05, 0) is 72.9 Å². The van der Waals surface area contributed by atoms with Gasteiger partial charge in [-0.1, -0.05) is 45.0 Å². The van der Waals surface area contributed by atoms with Crippen molar-refractivity contribution < 1.29 is 4.79 Å². The van der Waals surface area contributed by atoms with E-state index in [0.717, 1.165) is 48.9 Å². The summed E-state index contributed by atoms with van der Waals surface area (Å²) in [6.45, 7) is 6.59. The van der Waals surface area contributed by atoms with Crippen LogP contribution in [-0.2, 0) is 11.2 Å². The molecule has 3 N–H and O–H groups in total. The van der Waals surface area contributed by atoms with Gasteiger partial charge in [0.25, 0.3) is 5.91 Å². The molecule has 1 fully saturated rings. The number of aromatic nitrogens is 1. The van der Waals surface area contributed by atoms with Crippen molar-refractivity contribution in [3.05, 3.63) is 77.8 Å². The van der Waals surface area contributed by atoms with Gasteiger partial charge in [0, 0.05) is 35.4 Å². The van der Waals surface area contributed by atoms with Crippen molar-refractivity contribution in [1.29, 1.82) is 10.8 Å². The van der Waals surface area contributed by atoms with E-state index in [9.17, 15) is 4.79 Å². The third-order valence-corrected chi connectivity index (χ3v) is 6.08. The van der Waals surface area contributed by atoms with E-state index in [1.165, 1.54) is 6.34 Å². The lowest BCUT2D eigenvalue weighted by atomic mass is 9.90. The van der Waals surface area contributed by atoms with Crippen LogP contribution in [0.4, 0.5) is 5.69 Å². The smallest absolute Gasteiger partial charge is 0.274 e. The Balaban J connectivity index is 1.51. The Morgan fingerprint density at radius 3 is 2.69 bits per heavy atom. The summed E-state index contributed by atoms with van der Waals surface area (Å²) in [5.41, 5.74) is 4.79. The van der Waals surface area contributed by atoms with Crippen molar-refractivity contribution in [3.8, 4) is 0 Å². The Morgan fingerprint density at radius 1 is 1.22 bits per heavy atom. The van der Waals surface area contributed by atoms with Crippen LogP contribution in [0.3, 0.4) is 0 Å². The van der Waals surface area contributed by atoms with Crippen LogP contribution >= 0.6 is 0 Å². The van der Waals surface area contributed by atoms with Gasteiger partial charge < -0.3 is 10.2 Å². The molecular weight excluding hydrogens is 448 g/mol. The van der Waals surface area contributed by atoms with Gasteiger partial charge in [-0.25, -0.2) is 0 Å². The minimum Gasteiger partial charge on any atom is -0.321 e. The summed E-state index contributed by atoms with van der Waals surface area (Å²) in [4.78, 5) is 23.9. The summed E-state index contributed by atoms with van der Waals surface area (Å²) in [6, 6.07) is 11.5. The number of hydrogen-bond donors (Lipinski definition) is 3. The van der Waals surface area contributed by atoms with Crippen LogP contribution in [0, 0.1) is 16.2 Å². The van der Waals surface area contributed by atoms with E-state index in [1.807, 2.05) is 24.4 Å². The van der Waals surface area contributed by atoms with E-state index in [-0.39, 0.29) is 23.2 Å². The summed E-state index contributed by atoms with van der Waals surface area (Å²) in [5, 5.41) is 19.1. The first-order chi connectivity index (χ1) is 17.2. The van der Waals surface area contributed by atoms with Crippen molar-refractivity contribution in [2.24, 2.45) is 10.4 Å². The predicted molar refractivity (Wildman–Crippen MR) is 147 cm³/mol. The molecule has 4 rings (SSSR count). The Kier molecular flexibility index (Phi) is 7.58. The topological polar surface area (TPSA) is 105 Å². The number of aliphatic imine (C=N–C) groups is 1. The molecule has 1 aliphatic carbocycles. The molecule has 1 aliphatic heterocycles. The van der Waals surface area contributed by atoms with E-state index >= 15 is 0 Å². The monoisotopic (exact) mass is 482 g/mol. The highest BCUT2D eigenvalue weighted by Crippen LogP contribution is 2.28. The highest BCUT2D eigenvalue weighted by Gasteiger charge is 2.30. The first-order valence-corrected chi connectivity index (χ1v) is 12.4.